The van der Waals surface area contributed by atoms with Gasteiger partial charge in [0.15, 0.2) is 5.82 Å². The summed E-state index contributed by atoms with van der Waals surface area (Å²) < 4.78 is 68.5. The van der Waals surface area contributed by atoms with Gasteiger partial charge in [0.25, 0.3) is 5.91 Å². The van der Waals surface area contributed by atoms with E-state index in [0.29, 0.717) is 9.87 Å². The zero-order valence-corrected chi connectivity index (χ0v) is 17.0. The van der Waals surface area contributed by atoms with Gasteiger partial charge in [0, 0.05) is 12.0 Å². The maximum atomic E-state index is 14.6. The zero-order chi connectivity index (χ0) is 21.6. The topological polar surface area (TPSA) is 130 Å². The van der Waals surface area contributed by atoms with Crippen molar-refractivity contribution in [1.29, 1.82) is 0 Å². The van der Waals surface area contributed by atoms with E-state index < -0.39 is 50.0 Å². The third kappa shape index (κ3) is 5.72. The molecule has 0 aromatic heterocycles. The third-order valence-corrected chi connectivity index (χ3v) is 5.89. The molecule has 0 aliphatic carbocycles. The Balaban J connectivity index is 0.00000320. The Hall–Kier alpha value is -1.22. The van der Waals surface area contributed by atoms with Crippen molar-refractivity contribution in [3.8, 4) is 11.5 Å². The summed E-state index contributed by atoms with van der Waals surface area (Å²) in [6, 6.07) is 6.96. The molecule has 9 nitrogen and oxygen atoms in total. The van der Waals surface area contributed by atoms with Crippen LogP contribution in [0.4, 0.5) is 10.1 Å². The van der Waals surface area contributed by atoms with E-state index in [1.54, 1.807) is 23.8 Å². The summed E-state index contributed by atoms with van der Waals surface area (Å²) in [4.78, 5) is 11.4. The molecule has 1 aliphatic heterocycles. The quantitative estimate of drug-likeness (QED) is 0.461. The SMILES string of the molecule is Cc1ccc(Cc2cc(O)c(N3CC(=O)NS3(=O)=O)c(F)c2)c(OS(C)(=O)=O)c1.[KH]. The summed E-state index contributed by atoms with van der Waals surface area (Å²) >= 11 is 0. The molecule has 1 heterocycles. The van der Waals surface area contributed by atoms with Gasteiger partial charge >= 0.3 is 71.7 Å². The third-order valence-electron chi connectivity index (χ3n) is 4.03. The van der Waals surface area contributed by atoms with Gasteiger partial charge in [0.05, 0.1) is 6.26 Å². The number of hydrogen-bond donors (Lipinski definition) is 2. The van der Waals surface area contributed by atoms with Gasteiger partial charge in [-0.25, -0.2) is 13.4 Å². The maximum absolute atomic E-state index is 14.6. The van der Waals surface area contributed by atoms with Crippen molar-refractivity contribution >= 4 is 83.3 Å². The van der Waals surface area contributed by atoms with Crippen molar-refractivity contribution in [2.24, 2.45) is 0 Å². The summed E-state index contributed by atoms with van der Waals surface area (Å²) in [5.41, 5.74) is 0.747. The van der Waals surface area contributed by atoms with Gasteiger partial charge in [-0.05, 0) is 36.2 Å². The number of benzene rings is 2. The second kappa shape index (κ2) is 9.10. The molecule has 158 valence electrons. The molecule has 3 rings (SSSR count). The summed E-state index contributed by atoms with van der Waals surface area (Å²) in [6.07, 6.45) is 0.894. The van der Waals surface area contributed by atoms with Crippen molar-refractivity contribution in [3.63, 3.8) is 0 Å². The number of nitrogens with one attached hydrogen (secondary N) is 1. The fourth-order valence-corrected chi connectivity index (χ4v) is 4.55. The average Bonchev–Trinajstić information content (AvgIpc) is 2.80. The molecule has 1 saturated heterocycles. The predicted octanol–water partition coefficient (Wildman–Crippen LogP) is 0.301. The first kappa shape index (κ1) is 25.0. The Morgan fingerprint density at radius 1 is 1.27 bits per heavy atom. The van der Waals surface area contributed by atoms with Crippen LogP contribution in [0.3, 0.4) is 0 Å². The number of halogens is 1. The molecule has 30 heavy (non-hydrogen) atoms. The van der Waals surface area contributed by atoms with E-state index in [1.165, 1.54) is 6.07 Å². The second-order valence-electron chi connectivity index (χ2n) is 6.56. The molecule has 1 amide bonds. The first-order valence-electron chi connectivity index (χ1n) is 8.19. The Morgan fingerprint density at radius 3 is 2.47 bits per heavy atom. The first-order valence-corrected chi connectivity index (χ1v) is 11.4. The van der Waals surface area contributed by atoms with Gasteiger partial charge in [-0.1, -0.05) is 12.1 Å². The number of carbonyl (C=O) groups excluding carboxylic acids is 1. The second-order valence-corrected chi connectivity index (χ2v) is 9.73. The Morgan fingerprint density at radius 2 is 1.93 bits per heavy atom. The van der Waals surface area contributed by atoms with Gasteiger partial charge in [0.1, 0.15) is 23.7 Å². The molecule has 1 fully saturated rings. The van der Waals surface area contributed by atoms with E-state index in [2.05, 4.69) is 0 Å². The molecule has 0 bridgehead atoms. The molecule has 2 aromatic rings. The molecule has 0 spiro atoms. The molecule has 0 atom stereocenters. The van der Waals surface area contributed by atoms with E-state index >= 15 is 0 Å². The number of nitrogens with zero attached hydrogens (tertiary/aromatic N) is 1. The van der Waals surface area contributed by atoms with Crippen LogP contribution in [0.1, 0.15) is 16.7 Å². The van der Waals surface area contributed by atoms with Gasteiger partial charge in [0.2, 0.25) is 0 Å². The van der Waals surface area contributed by atoms with Crippen molar-refractivity contribution in [2.75, 3.05) is 17.1 Å². The van der Waals surface area contributed by atoms with Crippen LogP contribution in [0.25, 0.3) is 0 Å². The van der Waals surface area contributed by atoms with Crippen molar-refractivity contribution < 1.29 is 35.3 Å². The Bertz CT molecular complexity index is 1190. The fourth-order valence-electron chi connectivity index (χ4n) is 2.90. The van der Waals surface area contributed by atoms with Crippen LogP contribution < -0.4 is 13.2 Å². The molecule has 0 saturated carbocycles. The number of anilines is 1. The van der Waals surface area contributed by atoms with Crippen LogP contribution in [0.2, 0.25) is 0 Å². The predicted molar refractivity (Wildman–Crippen MR) is 109 cm³/mol. The van der Waals surface area contributed by atoms with Crippen molar-refractivity contribution in [1.82, 2.24) is 4.72 Å². The van der Waals surface area contributed by atoms with Crippen LogP contribution in [-0.4, -0.2) is 92.0 Å². The van der Waals surface area contributed by atoms with Crippen molar-refractivity contribution in [3.05, 3.63) is 52.8 Å². The van der Waals surface area contributed by atoms with Gasteiger partial charge in [-0.2, -0.15) is 16.8 Å². The number of carbonyl (C=O) groups is 1. The molecule has 0 unspecified atom stereocenters. The Labute approximate surface area is 216 Å². The van der Waals surface area contributed by atoms with Crippen LogP contribution >= 0.6 is 0 Å². The van der Waals surface area contributed by atoms with Crippen LogP contribution in [0, 0.1) is 12.7 Å². The van der Waals surface area contributed by atoms with E-state index in [-0.39, 0.29) is 69.1 Å². The van der Waals surface area contributed by atoms with Crippen molar-refractivity contribution in [2.45, 2.75) is 13.3 Å². The molecule has 2 N–H and O–H groups in total. The first-order chi connectivity index (χ1) is 13.4. The summed E-state index contributed by atoms with van der Waals surface area (Å²) in [6.45, 7) is 1.08. The number of amides is 1. The molecular formula is C17H18FKN2O7S2. The van der Waals surface area contributed by atoms with Gasteiger partial charge in [-0.3, -0.25) is 4.79 Å². The van der Waals surface area contributed by atoms with Crippen LogP contribution in [0.5, 0.6) is 11.5 Å². The molecule has 13 heteroatoms. The summed E-state index contributed by atoms with van der Waals surface area (Å²) in [7, 11) is -8.09. The number of aryl methyl sites for hydroxylation is 1. The van der Waals surface area contributed by atoms with Crippen LogP contribution in [-0.2, 0) is 31.5 Å². The van der Waals surface area contributed by atoms with Gasteiger partial charge in [-0.15, -0.1) is 0 Å². The van der Waals surface area contributed by atoms with Crippen LogP contribution in [0.15, 0.2) is 30.3 Å². The molecule has 1 aliphatic rings. The fraction of sp³-hybridized carbons (Fsp3) is 0.235. The monoisotopic (exact) mass is 484 g/mol. The number of phenols is 1. The number of phenolic OH excluding ortho intramolecular Hbond substituents is 1. The molecule has 0 radical (unpaired) electrons. The molecule has 2 aromatic carbocycles. The average molecular weight is 485 g/mol. The number of rotatable bonds is 5. The zero-order valence-electron chi connectivity index (χ0n) is 15.3. The van der Waals surface area contributed by atoms with Gasteiger partial charge < -0.3 is 9.29 Å². The minimum absolute atomic E-state index is 0. The summed E-state index contributed by atoms with van der Waals surface area (Å²) in [5.74, 6) is -2.53. The number of hydrogen-bond acceptors (Lipinski definition) is 7. The van der Waals surface area contributed by atoms with E-state index in [9.17, 15) is 31.1 Å². The molecular weight excluding hydrogens is 466 g/mol. The Kier molecular flexibility index (Phi) is 7.60. The van der Waals surface area contributed by atoms with E-state index in [1.807, 2.05) is 0 Å². The van der Waals surface area contributed by atoms with E-state index in [0.717, 1.165) is 24.0 Å². The normalized spacial score (nSPS) is 15.4. The van der Waals surface area contributed by atoms with E-state index in [4.69, 9.17) is 4.18 Å². The summed E-state index contributed by atoms with van der Waals surface area (Å²) in [5, 5.41) is 10.2. The standard InChI is InChI=1S/C17H17FN2O7S2.K.H/c1-10-3-4-12(15(5-10)27-28(2,23)24)6-11-7-13(18)17(14(21)8-11)20-9-16(22)19-29(20,25)26;;/h3-5,7-8,21H,6,9H2,1-2H3,(H,19,22);;. The minimum atomic E-state index is -4.29. The number of aromatic hydroxyl groups is 1.